The van der Waals surface area contributed by atoms with Crippen LogP contribution in [0.25, 0.3) is 0 Å². The maximum atomic E-state index is 5.96. The van der Waals surface area contributed by atoms with Crippen LogP contribution in [0.15, 0.2) is 48.5 Å². The summed E-state index contributed by atoms with van der Waals surface area (Å²) in [7, 11) is 0. The van der Waals surface area contributed by atoms with Crippen LogP contribution in [0.1, 0.15) is 20.3 Å². The number of anilines is 1. The van der Waals surface area contributed by atoms with Gasteiger partial charge in [-0.25, -0.2) is 0 Å². The summed E-state index contributed by atoms with van der Waals surface area (Å²) in [5.41, 5.74) is 6.28. The predicted molar refractivity (Wildman–Crippen MR) is 78.3 cm³/mol. The molecule has 2 N–H and O–H groups in total. The molecule has 0 heterocycles. The number of nitrogens with two attached hydrogens (primary N) is 1. The fourth-order valence-corrected chi connectivity index (χ4v) is 1.36. The molecule has 2 nitrogen and oxygen atoms in total. The largest absolute Gasteiger partial charge is 0.456 e. The Morgan fingerprint density at radius 3 is 2.11 bits per heavy atom. The van der Waals surface area contributed by atoms with Gasteiger partial charge >= 0.3 is 0 Å². The second-order valence-corrected chi connectivity index (χ2v) is 4.22. The molecule has 3 heteroatoms. The molecule has 2 rings (SSSR count). The first-order chi connectivity index (χ1) is 8.67. The van der Waals surface area contributed by atoms with Crippen LogP contribution in [0, 0.1) is 0 Å². The Balaban J connectivity index is 0.000000492. The Morgan fingerprint density at radius 1 is 1.00 bits per heavy atom. The number of rotatable bonds is 2. The monoisotopic (exact) mass is 263 g/mol. The fraction of sp³-hybridized carbons (Fsp3) is 0.200. The lowest BCUT2D eigenvalue weighted by molar-refractivity contribution is 0.483. The standard InChI is InChI=1S/C12H10ClNO.C3H8/c13-11-3-1-2-4-12(11)15-10-7-5-9(14)6-8-10;1-3-2/h1-8H,14H2;3H2,1-2H3. The number of benzene rings is 2. The highest BCUT2D eigenvalue weighted by atomic mass is 35.5. The van der Waals surface area contributed by atoms with E-state index >= 15 is 0 Å². The molecule has 2 aromatic carbocycles. The minimum Gasteiger partial charge on any atom is -0.456 e. The van der Waals surface area contributed by atoms with Gasteiger partial charge in [-0.15, -0.1) is 0 Å². The van der Waals surface area contributed by atoms with Crippen molar-refractivity contribution >= 4 is 17.3 Å². The van der Waals surface area contributed by atoms with Crippen molar-refractivity contribution in [3.8, 4) is 11.5 Å². The van der Waals surface area contributed by atoms with Gasteiger partial charge in [0.25, 0.3) is 0 Å². The van der Waals surface area contributed by atoms with E-state index in [1.807, 2.05) is 18.2 Å². The van der Waals surface area contributed by atoms with Crippen LogP contribution >= 0.6 is 11.6 Å². The van der Waals surface area contributed by atoms with Gasteiger partial charge in [0.2, 0.25) is 0 Å². The third-order valence-electron chi connectivity index (χ3n) is 1.94. The van der Waals surface area contributed by atoms with E-state index in [0.29, 0.717) is 16.5 Å². The van der Waals surface area contributed by atoms with E-state index < -0.39 is 0 Å². The van der Waals surface area contributed by atoms with E-state index in [1.54, 1.807) is 30.3 Å². The first kappa shape index (κ1) is 14.4. The SMILES string of the molecule is CCC.Nc1ccc(Oc2ccccc2Cl)cc1. The Labute approximate surface area is 113 Å². The third-order valence-corrected chi connectivity index (χ3v) is 2.26. The van der Waals surface area contributed by atoms with E-state index in [2.05, 4.69) is 13.8 Å². The van der Waals surface area contributed by atoms with Gasteiger partial charge in [-0.3, -0.25) is 0 Å². The normalized spacial score (nSPS) is 9.28. The smallest absolute Gasteiger partial charge is 0.146 e. The Bertz CT molecular complexity index is 468. The van der Waals surface area contributed by atoms with Crippen LogP contribution in [0.5, 0.6) is 11.5 Å². The van der Waals surface area contributed by atoms with Crippen molar-refractivity contribution < 1.29 is 4.74 Å². The van der Waals surface area contributed by atoms with Crippen LogP contribution < -0.4 is 10.5 Å². The predicted octanol–water partition coefficient (Wildman–Crippen LogP) is 5.13. The first-order valence-corrected chi connectivity index (χ1v) is 6.33. The Hall–Kier alpha value is -1.67. The molecule has 2 aromatic rings. The molecule has 0 amide bonds. The second-order valence-electron chi connectivity index (χ2n) is 3.81. The average Bonchev–Trinajstić information content (AvgIpc) is 2.36. The molecule has 0 unspecified atom stereocenters. The number of hydrogen-bond donors (Lipinski definition) is 1. The maximum Gasteiger partial charge on any atom is 0.146 e. The van der Waals surface area contributed by atoms with Crippen LogP contribution in [-0.2, 0) is 0 Å². The quantitative estimate of drug-likeness (QED) is 0.762. The third kappa shape index (κ3) is 4.68. The van der Waals surface area contributed by atoms with E-state index in [1.165, 1.54) is 6.42 Å². The Kier molecular flexibility index (Phi) is 6.09. The lowest BCUT2D eigenvalue weighted by Gasteiger charge is -2.06. The minimum absolute atomic E-state index is 0.592. The number of halogens is 1. The topological polar surface area (TPSA) is 35.2 Å². The summed E-state index contributed by atoms with van der Waals surface area (Å²) in [5.74, 6) is 1.36. The van der Waals surface area contributed by atoms with Gasteiger partial charge in [0.1, 0.15) is 11.5 Å². The van der Waals surface area contributed by atoms with Gasteiger partial charge in [0.05, 0.1) is 5.02 Å². The van der Waals surface area contributed by atoms with Crippen molar-refractivity contribution in [3.63, 3.8) is 0 Å². The summed E-state index contributed by atoms with van der Waals surface area (Å²) in [6.07, 6.45) is 1.25. The lowest BCUT2D eigenvalue weighted by atomic mass is 10.3. The van der Waals surface area contributed by atoms with Crippen molar-refractivity contribution in [2.75, 3.05) is 5.73 Å². The molecule has 0 aliphatic rings. The van der Waals surface area contributed by atoms with E-state index in [4.69, 9.17) is 22.1 Å². The van der Waals surface area contributed by atoms with Crippen LogP contribution in [0.2, 0.25) is 5.02 Å². The molecule has 0 atom stereocenters. The van der Waals surface area contributed by atoms with Gasteiger partial charge < -0.3 is 10.5 Å². The van der Waals surface area contributed by atoms with Crippen molar-refractivity contribution in [2.45, 2.75) is 20.3 Å². The van der Waals surface area contributed by atoms with Gasteiger partial charge in [-0.2, -0.15) is 0 Å². The van der Waals surface area contributed by atoms with Gasteiger partial charge in [-0.05, 0) is 36.4 Å². The summed E-state index contributed by atoms with van der Waals surface area (Å²) in [5, 5.41) is 0.592. The summed E-state index contributed by atoms with van der Waals surface area (Å²) in [6.45, 7) is 4.25. The van der Waals surface area contributed by atoms with Gasteiger partial charge in [0, 0.05) is 5.69 Å². The fourth-order valence-electron chi connectivity index (χ4n) is 1.19. The molecule has 0 saturated heterocycles. The highest BCUT2D eigenvalue weighted by Crippen LogP contribution is 2.28. The second kappa shape index (κ2) is 7.62. The van der Waals surface area contributed by atoms with Gasteiger partial charge in [0.15, 0.2) is 0 Å². The minimum atomic E-state index is 0.592. The molecule has 0 aliphatic heterocycles. The molecule has 0 saturated carbocycles. The maximum absolute atomic E-state index is 5.96. The molecule has 0 aromatic heterocycles. The average molecular weight is 264 g/mol. The molecule has 0 spiro atoms. The molecule has 0 bridgehead atoms. The zero-order valence-electron chi connectivity index (χ0n) is 10.7. The highest BCUT2D eigenvalue weighted by molar-refractivity contribution is 6.32. The van der Waals surface area contributed by atoms with E-state index in [-0.39, 0.29) is 0 Å². The number of hydrogen-bond acceptors (Lipinski definition) is 2. The van der Waals surface area contributed by atoms with Crippen LogP contribution in [-0.4, -0.2) is 0 Å². The van der Waals surface area contributed by atoms with Crippen LogP contribution in [0.4, 0.5) is 5.69 Å². The summed E-state index contributed by atoms with van der Waals surface area (Å²) in [6, 6.07) is 14.5. The van der Waals surface area contributed by atoms with E-state index in [0.717, 1.165) is 5.75 Å². The number of para-hydroxylation sites is 1. The molecule has 18 heavy (non-hydrogen) atoms. The molecular weight excluding hydrogens is 246 g/mol. The van der Waals surface area contributed by atoms with Crippen molar-refractivity contribution in [3.05, 3.63) is 53.6 Å². The summed E-state index contributed by atoms with van der Waals surface area (Å²) in [4.78, 5) is 0. The van der Waals surface area contributed by atoms with Gasteiger partial charge in [-0.1, -0.05) is 44.0 Å². The van der Waals surface area contributed by atoms with Crippen molar-refractivity contribution in [1.82, 2.24) is 0 Å². The van der Waals surface area contributed by atoms with Crippen molar-refractivity contribution in [2.24, 2.45) is 0 Å². The zero-order chi connectivity index (χ0) is 13.4. The molecular formula is C15H18ClNO. The van der Waals surface area contributed by atoms with Crippen molar-refractivity contribution in [1.29, 1.82) is 0 Å². The number of nitrogen functional groups attached to an aromatic ring is 1. The zero-order valence-corrected chi connectivity index (χ0v) is 11.4. The lowest BCUT2D eigenvalue weighted by Crippen LogP contribution is -1.86. The Morgan fingerprint density at radius 2 is 1.56 bits per heavy atom. The molecule has 0 radical (unpaired) electrons. The summed E-state index contributed by atoms with van der Waals surface area (Å²) >= 11 is 5.96. The summed E-state index contributed by atoms with van der Waals surface area (Å²) < 4.78 is 5.58. The molecule has 0 fully saturated rings. The number of ether oxygens (including phenoxy) is 1. The van der Waals surface area contributed by atoms with E-state index in [9.17, 15) is 0 Å². The van der Waals surface area contributed by atoms with Crippen LogP contribution in [0.3, 0.4) is 0 Å². The highest BCUT2D eigenvalue weighted by Gasteiger charge is 2.00. The molecule has 96 valence electrons. The molecule has 0 aliphatic carbocycles. The first-order valence-electron chi connectivity index (χ1n) is 5.95.